The zero-order chi connectivity index (χ0) is 10.7. The second-order valence-corrected chi connectivity index (χ2v) is 4.14. The minimum absolute atomic E-state index is 0.0941. The van der Waals surface area contributed by atoms with Gasteiger partial charge in [-0.2, -0.15) is 0 Å². The maximum atomic E-state index is 13.2. The Morgan fingerprint density at radius 2 is 2.29 bits per heavy atom. The highest BCUT2D eigenvalue weighted by atomic mass is 79.9. The van der Waals surface area contributed by atoms with Crippen molar-refractivity contribution in [3.05, 3.63) is 34.1 Å². The lowest BCUT2D eigenvalue weighted by atomic mass is 10.0. The van der Waals surface area contributed by atoms with Crippen LogP contribution in [-0.4, -0.2) is 11.8 Å². The zero-order valence-corrected chi connectivity index (χ0v) is 9.34. The molecule has 1 aromatic rings. The molecule has 0 radical (unpaired) electrons. The third kappa shape index (κ3) is 2.89. The molecule has 76 valence electrons. The molecule has 1 unspecified atom stereocenters. The molecule has 2 N–H and O–H groups in total. The van der Waals surface area contributed by atoms with Gasteiger partial charge in [-0.05, 0) is 25.1 Å². The summed E-state index contributed by atoms with van der Waals surface area (Å²) >= 11 is 3.18. The Morgan fingerprint density at radius 3 is 2.86 bits per heavy atom. The average molecular weight is 260 g/mol. The van der Waals surface area contributed by atoms with Crippen LogP contribution in [0.4, 0.5) is 4.39 Å². The lowest BCUT2D eigenvalue weighted by Crippen LogP contribution is -2.20. The molecule has 1 aromatic carbocycles. The molecule has 1 atom stereocenters. The minimum atomic E-state index is -0.501. The summed E-state index contributed by atoms with van der Waals surface area (Å²) in [5.74, 6) is -0.766. The van der Waals surface area contributed by atoms with Gasteiger partial charge >= 0.3 is 0 Å². The molecule has 0 aliphatic rings. The largest absolute Gasteiger partial charge is 0.328 e. The fourth-order valence-electron chi connectivity index (χ4n) is 1.11. The topological polar surface area (TPSA) is 43.1 Å². The quantitative estimate of drug-likeness (QED) is 0.848. The number of benzene rings is 1. The van der Waals surface area contributed by atoms with Crippen LogP contribution in [0.15, 0.2) is 22.7 Å². The Bertz CT molecular complexity index is 352. The van der Waals surface area contributed by atoms with Crippen LogP contribution in [0.5, 0.6) is 0 Å². The molecule has 0 fully saturated rings. The van der Waals surface area contributed by atoms with Gasteiger partial charge in [-0.3, -0.25) is 4.79 Å². The van der Waals surface area contributed by atoms with Gasteiger partial charge in [0.2, 0.25) is 0 Å². The lowest BCUT2D eigenvalue weighted by molar-refractivity contribution is 0.0972. The average Bonchev–Trinajstić information content (AvgIpc) is 2.08. The minimum Gasteiger partial charge on any atom is -0.328 e. The van der Waals surface area contributed by atoms with E-state index in [2.05, 4.69) is 15.9 Å². The van der Waals surface area contributed by atoms with Gasteiger partial charge in [0, 0.05) is 16.9 Å². The zero-order valence-electron chi connectivity index (χ0n) is 7.76. The van der Waals surface area contributed by atoms with E-state index >= 15 is 0 Å². The van der Waals surface area contributed by atoms with E-state index in [9.17, 15) is 9.18 Å². The molecule has 2 nitrogen and oxygen atoms in total. The lowest BCUT2D eigenvalue weighted by Gasteiger charge is -2.05. The highest BCUT2D eigenvalue weighted by Crippen LogP contribution is 2.17. The van der Waals surface area contributed by atoms with Crippen molar-refractivity contribution in [2.75, 3.05) is 0 Å². The van der Waals surface area contributed by atoms with Gasteiger partial charge in [0.25, 0.3) is 0 Å². The SMILES string of the molecule is CC(N)CC(=O)c1cc(Br)ccc1F. The van der Waals surface area contributed by atoms with Crippen LogP contribution in [0, 0.1) is 5.82 Å². The molecule has 0 spiro atoms. The first-order chi connectivity index (χ1) is 6.50. The summed E-state index contributed by atoms with van der Waals surface area (Å²) in [6, 6.07) is 4.04. The Labute approximate surface area is 90.4 Å². The first-order valence-electron chi connectivity index (χ1n) is 4.24. The van der Waals surface area contributed by atoms with E-state index in [0.29, 0.717) is 4.47 Å². The van der Waals surface area contributed by atoms with Crippen molar-refractivity contribution in [2.45, 2.75) is 19.4 Å². The van der Waals surface area contributed by atoms with Gasteiger partial charge < -0.3 is 5.73 Å². The van der Waals surface area contributed by atoms with E-state index in [0.717, 1.165) is 0 Å². The molecule has 4 heteroatoms. The van der Waals surface area contributed by atoms with Crippen LogP contribution in [-0.2, 0) is 0 Å². The van der Waals surface area contributed by atoms with Crippen molar-refractivity contribution < 1.29 is 9.18 Å². The standard InChI is InChI=1S/C10H11BrFNO/c1-6(13)4-10(14)8-5-7(11)2-3-9(8)12/h2-3,5-6H,4,13H2,1H3. The molecule has 0 heterocycles. The number of hydrogen-bond acceptors (Lipinski definition) is 2. The van der Waals surface area contributed by atoms with Gasteiger partial charge in [-0.15, -0.1) is 0 Å². The number of carbonyl (C=O) groups is 1. The van der Waals surface area contributed by atoms with Crippen molar-refractivity contribution in [2.24, 2.45) is 5.73 Å². The Hall–Kier alpha value is -0.740. The van der Waals surface area contributed by atoms with E-state index in [4.69, 9.17) is 5.73 Å². The van der Waals surface area contributed by atoms with Gasteiger partial charge in [0.05, 0.1) is 5.56 Å². The third-order valence-corrected chi connectivity index (χ3v) is 2.23. The molecule has 1 rings (SSSR count). The molecule has 0 aliphatic heterocycles. The fourth-order valence-corrected chi connectivity index (χ4v) is 1.47. The van der Waals surface area contributed by atoms with Crippen molar-refractivity contribution in [1.82, 2.24) is 0 Å². The van der Waals surface area contributed by atoms with Crippen molar-refractivity contribution in [3.63, 3.8) is 0 Å². The first kappa shape index (κ1) is 11.3. The molecular formula is C10H11BrFNO. The van der Waals surface area contributed by atoms with E-state index in [1.54, 1.807) is 13.0 Å². The summed E-state index contributed by atoms with van der Waals surface area (Å²) in [6.07, 6.45) is 0.160. The van der Waals surface area contributed by atoms with Crippen LogP contribution in [0.2, 0.25) is 0 Å². The van der Waals surface area contributed by atoms with Gasteiger partial charge in [0.1, 0.15) is 5.82 Å². The molecule has 0 saturated carbocycles. The third-order valence-electron chi connectivity index (χ3n) is 1.74. The smallest absolute Gasteiger partial charge is 0.167 e. The molecular weight excluding hydrogens is 249 g/mol. The fraction of sp³-hybridized carbons (Fsp3) is 0.300. The second-order valence-electron chi connectivity index (χ2n) is 3.23. The number of nitrogens with two attached hydrogens (primary N) is 1. The van der Waals surface area contributed by atoms with E-state index in [-0.39, 0.29) is 23.8 Å². The summed E-state index contributed by atoms with van der Waals surface area (Å²) in [4.78, 5) is 11.5. The van der Waals surface area contributed by atoms with Crippen molar-refractivity contribution in [3.8, 4) is 0 Å². The number of ketones is 1. The van der Waals surface area contributed by atoms with Crippen LogP contribution >= 0.6 is 15.9 Å². The van der Waals surface area contributed by atoms with Crippen molar-refractivity contribution >= 4 is 21.7 Å². The summed E-state index contributed by atoms with van der Waals surface area (Å²) in [7, 11) is 0. The Kier molecular flexibility index (Phi) is 3.77. The van der Waals surface area contributed by atoms with E-state index in [1.807, 2.05) is 0 Å². The highest BCUT2D eigenvalue weighted by molar-refractivity contribution is 9.10. The van der Waals surface area contributed by atoms with E-state index in [1.165, 1.54) is 12.1 Å². The first-order valence-corrected chi connectivity index (χ1v) is 5.04. The number of carbonyl (C=O) groups excluding carboxylic acids is 1. The van der Waals surface area contributed by atoms with Crippen LogP contribution in [0.3, 0.4) is 0 Å². The van der Waals surface area contributed by atoms with Crippen LogP contribution in [0.1, 0.15) is 23.7 Å². The maximum absolute atomic E-state index is 13.2. The van der Waals surface area contributed by atoms with Crippen LogP contribution in [0.25, 0.3) is 0 Å². The second kappa shape index (κ2) is 4.66. The van der Waals surface area contributed by atoms with Gasteiger partial charge in [-0.1, -0.05) is 15.9 Å². The Morgan fingerprint density at radius 1 is 1.64 bits per heavy atom. The normalized spacial score (nSPS) is 12.6. The summed E-state index contributed by atoms with van der Waals surface area (Å²) in [5, 5.41) is 0. The summed E-state index contributed by atoms with van der Waals surface area (Å²) in [5.41, 5.74) is 5.56. The number of halogens is 2. The Balaban J connectivity index is 2.94. The van der Waals surface area contributed by atoms with Gasteiger partial charge in [-0.25, -0.2) is 4.39 Å². The number of hydrogen-bond donors (Lipinski definition) is 1. The predicted molar refractivity (Wildman–Crippen MR) is 56.7 cm³/mol. The molecule has 0 aromatic heterocycles. The summed E-state index contributed by atoms with van der Waals surface area (Å²) < 4.78 is 13.9. The van der Waals surface area contributed by atoms with Crippen molar-refractivity contribution in [1.29, 1.82) is 0 Å². The molecule has 0 amide bonds. The molecule has 14 heavy (non-hydrogen) atoms. The van der Waals surface area contributed by atoms with Gasteiger partial charge in [0.15, 0.2) is 5.78 Å². The molecule has 0 aliphatic carbocycles. The maximum Gasteiger partial charge on any atom is 0.167 e. The van der Waals surface area contributed by atoms with E-state index < -0.39 is 5.82 Å². The number of rotatable bonds is 3. The monoisotopic (exact) mass is 259 g/mol. The molecule has 0 saturated heterocycles. The summed E-state index contributed by atoms with van der Waals surface area (Å²) in [6.45, 7) is 1.72. The predicted octanol–water partition coefficient (Wildman–Crippen LogP) is 2.51. The highest BCUT2D eigenvalue weighted by Gasteiger charge is 2.13. The van der Waals surface area contributed by atoms with Crippen LogP contribution < -0.4 is 5.73 Å². The number of Topliss-reactive ketones (excluding diaryl/α,β-unsaturated/α-hetero) is 1. The molecule has 0 bridgehead atoms.